The van der Waals surface area contributed by atoms with Gasteiger partial charge in [-0.05, 0) is 43.9 Å². The van der Waals surface area contributed by atoms with E-state index in [1.807, 2.05) is 19.9 Å². The molecular formula is C15H26O4. The van der Waals surface area contributed by atoms with Gasteiger partial charge in [-0.2, -0.15) is 0 Å². The van der Waals surface area contributed by atoms with Crippen LogP contribution in [0.25, 0.3) is 0 Å². The quantitative estimate of drug-likeness (QED) is 0.719. The molecule has 0 bridgehead atoms. The summed E-state index contributed by atoms with van der Waals surface area (Å²) in [6.45, 7) is 8.69. The highest BCUT2D eigenvalue weighted by atomic mass is 16.5. The van der Waals surface area contributed by atoms with Crippen molar-refractivity contribution >= 4 is 0 Å². The van der Waals surface area contributed by atoms with Gasteiger partial charge in [-0.3, -0.25) is 0 Å². The van der Waals surface area contributed by atoms with Gasteiger partial charge in [-0.15, -0.1) is 0 Å². The molecule has 1 rings (SSSR count). The van der Waals surface area contributed by atoms with Crippen molar-refractivity contribution in [2.75, 3.05) is 13.2 Å². The van der Waals surface area contributed by atoms with E-state index in [0.29, 0.717) is 12.5 Å². The number of phenolic OH excluding ortho intramolecular Hbond substituents is 2. The Kier molecular flexibility index (Phi) is 9.00. The number of benzene rings is 1. The first-order valence-corrected chi connectivity index (χ1v) is 6.60. The number of ether oxygens (including phenoxy) is 1. The first kappa shape index (κ1) is 17.7. The molecule has 0 unspecified atom stereocenters. The minimum Gasteiger partial charge on any atom is -0.504 e. The van der Waals surface area contributed by atoms with Crippen molar-refractivity contribution in [2.45, 2.75) is 40.2 Å². The zero-order valence-corrected chi connectivity index (χ0v) is 12.3. The molecule has 0 aromatic heterocycles. The normalized spacial score (nSPS) is 10.5. The fourth-order valence-electron chi connectivity index (χ4n) is 1.46. The van der Waals surface area contributed by atoms with Crippen LogP contribution in [0.5, 0.6) is 11.5 Å². The molecule has 1 aromatic carbocycles. The second kappa shape index (κ2) is 9.64. The third-order valence-corrected chi connectivity index (χ3v) is 2.23. The molecule has 110 valence electrons. The summed E-state index contributed by atoms with van der Waals surface area (Å²) in [5.74, 6) is 0.476. The molecule has 0 aliphatic carbocycles. The van der Waals surface area contributed by atoms with Gasteiger partial charge in [0, 0.05) is 0 Å². The van der Waals surface area contributed by atoms with Crippen LogP contribution in [0.2, 0.25) is 0 Å². The highest BCUT2D eigenvalue weighted by Crippen LogP contribution is 2.25. The zero-order chi connectivity index (χ0) is 14.8. The first-order valence-electron chi connectivity index (χ1n) is 6.60. The SMILES string of the molecule is CC(C)Cc1ccc(O)c(O)c1.CC(C)OCCO. The average molecular weight is 270 g/mol. The second-order valence-electron chi connectivity index (χ2n) is 5.06. The Morgan fingerprint density at radius 3 is 2.05 bits per heavy atom. The third-order valence-electron chi connectivity index (χ3n) is 2.23. The van der Waals surface area contributed by atoms with E-state index in [0.717, 1.165) is 12.0 Å². The number of hydrogen-bond acceptors (Lipinski definition) is 4. The smallest absolute Gasteiger partial charge is 0.157 e. The summed E-state index contributed by atoms with van der Waals surface area (Å²) in [7, 11) is 0. The summed E-state index contributed by atoms with van der Waals surface area (Å²) >= 11 is 0. The third kappa shape index (κ3) is 9.33. The van der Waals surface area contributed by atoms with Gasteiger partial charge >= 0.3 is 0 Å². The lowest BCUT2D eigenvalue weighted by Gasteiger charge is -2.05. The van der Waals surface area contributed by atoms with E-state index in [4.69, 9.17) is 20.1 Å². The average Bonchev–Trinajstić information content (AvgIpc) is 2.31. The number of rotatable bonds is 5. The standard InChI is InChI=1S/C10H14O2.C5H12O2/c1-7(2)5-8-3-4-9(11)10(12)6-8;1-5(2)7-4-3-6/h3-4,6-7,11-12H,5H2,1-2H3;5-6H,3-4H2,1-2H3. The van der Waals surface area contributed by atoms with E-state index in [1.54, 1.807) is 6.07 Å². The van der Waals surface area contributed by atoms with E-state index >= 15 is 0 Å². The van der Waals surface area contributed by atoms with Gasteiger partial charge in [0.1, 0.15) is 0 Å². The minimum absolute atomic E-state index is 0.0341. The van der Waals surface area contributed by atoms with Crippen molar-refractivity contribution < 1.29 is 20.1 Å². The Bertz CT molecular complexity index is 348. The Balaban J connectivity index is 0.000000399. The van der Waals surface area contributed by atoms with E-state index < -0.39 is 0 Å². The topological polar surface area (TPSA) is 69.9 Å². The molecule has 4 heteroatoms. The van der Waals surface area contributed by atoms with E-state index in [-0.39, 0.29) is 24.2 Å². The Morgan fingerprint density at radius 2 is 1.68 bits per heavy atom. The van der Waals surface area contributed by atoms with Crippen LogP contribution in [0, 0.1) is 5.92 Å². The molecule has 4 nitrogen and oxygen atoms in total. The van der Waals surface area contributed by atoms with Crippen LogP contribution in [0.4, 0.5) is 0 Å². The molecule has 0 amide bonds. The number of phenols is 2. The highest BCUT2D eigenvalue weighted by molar-refractivity contribution is 5.40. The molecule has 19 heavy (non-hydrogen) atoms. The Hall–Kier alpha value is -1.26. The fourth-order valence-corrected chi connectivity index (χ4v) is 1.46. The first-order chi connectivity index (χ1) is 8.86. The highest BCUT2D eigenvalue weighted by Gasteiger charge is 2.01. The number of aromatic hydroxyl groups is 2. The Morgan fingerprint density at radius 1 is 1.05 bits per heavy atom. The molecule has 3 N–H and O–H groups in total. The minimum atomic E-state index is -0.0532. The van der Waals surface area contributed by atoms with Crippen LogP contribution in [0.3, 0.4) is 0 Å². The van der Waals surface area contributed by atoms with Gasteiger partial charge < -0.3 is 20.1 Å². The van der Waals surface area contributed by atoms with Crippen molar-refractivity contribution in [1.29, 1.82) is 0 Å². The van der Waals surface area contributed by atoms with Gasteiger partial charge in [-0.25, -0.2) is 0 Å². The summed E-state index contributed by atoms with van der Waals surface area (Å²) in [4.78, 5) is 0. The number of hydrogen-bond donors (Lipinski definition) is 3. The molecule has 0 heterocycles. The molecule has 0 saturated heterocycles. The summed E-state index contributed by atoms with van der Waals surface area (Å²) in [5.41, 5.74) is 1.06. The van der Waals surface area contributed by atoms with Gasteiger partial charge in [-0.1, -0.05) is 19.9 Å². The van der Waals surface area contributed by atoms with Crippen LogP contribution in [-0.4, -0.2) is 34.6 Å². The lowest BCUT2D eigenvalue weighted by molar-refractivity contribution is 0.0494. The summed E-state index contributed by atoms with van der Waals surface area (Å²) in [6.07, 6.45) is 1.17. The van der Waals surface area contributed by atoms with Crippen molar-refractivity contribution in [3.63, 3.8) is 0 Å². The van der Waals surface area contributed by atoms with E-state index in [1.165, 1.54) is 6.07 Å². The van der Waals surface area contributed by atoms with Gasteiger partial charge in [0.05, 0.1) is 19.3 Å². The largest absolute Gasteiger partial charge is 0.504 e. The van der Waals surface area contributed by atoms with Crippen LogP contribution in [0.1, 0.15) is 33.3 Å². The number of aliphatic hydroxyl groups excluding tert-OH is 1. The van der Waals surface area contributed by atoms with E-state index in [2.05, 4.69) is 13.8 Å². The van der Waals surface area contributed by atoms with Crippen LogP contribution in [-0.2, 0) is 11.2 Å². The maximum Gasteiger partial charge on any atom is 0.157 e. The van der Waals surface area contributed by atoms with Crippen molar-refractivity contribution in [3.05, 3.63) is 23.8 Å². The van der Waals surface area contributed by atoms with Crippen molar-refractivity contribution in [3.8, 4) is 11.5 Å². The fraction of sp³-hybridized carbons (Fsp3) is 0.600. The van der Waals surface area contributed by atoms with Crippen molar-refractivity contribution in [1.82, 2.24) is 0 Å². The maximum atomic E-state index is 9.16. The number of aliphatic hydroxyl groups is 1. The molecule has 1 aromatic rings. The molecule has 0 atom stereocenters. The van der Waals surface area contributed by atoms with Crippen LogP contribution in [0.15, 0.2) is 18.2 Å². The van der Waals surface area contributed by atoms with Gasteiger partial charge in [0.2, 0.25) is 0 Å². The predicted octanol–water partition coefficient (Wildman–Crippen LogP) is 2.70. The second-order valence-corrected chi connectivity index (χ2v) is 5.06. The molecular weight excluding hydrogens is 244 g/mol. The Labute approximate surface area is 115 Å². The van der Waals surface area contributed by atoms with Crippen molar-refractivity contribution in [2.24, 2.45) is 5.92 Å². The van der Waals surface area contributed by atoms with Crippen LogP contribution >= 0.6 is 0 Å². The summed E-state index contributed by atoms with van der Waals surface area (Å²) < 4.78 is 4.94. The molecule has 0 radical (unpaired) electrons. The monoisotopic (exact) mass is 270 g/mol. The van der Waals surface area contributed by atoms with Crippen LogP contribution < -0.4 is 0 Å². The molecule has 0 aliphatic rings. The summed E-state index contributed by atoms with van der Waals surface area (Å²) in [5, 5.41) is 26.4. The lowest BCUT2D eigenvalue weighted by atomic mass is 10.0. The molecule has 0 aliphatic heterocycles. The molecule has 0 saturated carbocycles. The van der Waals surface area contributed by atoms with Gasteiger partial charge in [0.15, 0.2) is 11.5 Å². The predicted molar refractivity (Wildman–Crippen MR) is 76.5 cm³/mol. The lowest BCUT2D eigenvalue weighted by Crippen LogP contribution is -2.06. The molecule has 0 spiro atoms. The molecule has 0 fully saturated rings. The summed E-state index contributed by atoms with van der Waals surface area (Å²) in [6, 6.07) is 4.96. The van der Waals surface area contributed by atoms with E-state index in [9.17, 15) is 0 Å². The maximum absolute atomic E-state index is 9.16. The van der Waals surface area contributed by atoms with Gasteiger partial charge in [0.25, 0.3) is 0 Å². The zero-order valence-electron chi connectivity index (χ0n) is 12.3.